The number of amides is 1. The van der Waals surface area contributed by atoms with Crippen LogP contribution in [0.1, 0.15) is 26.7 Å². The van der Waals surface area contributed by atoms with Crippen LogP contribution in [0.15, 0.2) is 22.8 Å². The Kier molecular flexibility index (Phi) is 5.64. The van der Waals surface area contributed by atoms with Crippen molar-refractivity contribution in [2.75, 3.05) is 43.4 Å². The molecule has 2 aliphatic heterocycles. The van der Waals surface area contributed by atoms with Gasteiger partial charge in [0.2, 0.25) is 33.7 Å². The summed E-state index contributed by atoms with van der Waals surface area (Å²) in [5.74, 6) is 1.46. The summed E-state index contributed by atoms with van der Waals surface area (Å²) in [5, 5.41) is 3.82. The first-order valence-electron chi connectivity index (χ1n) is 11.2. The second-order valence-corrected chi connectivity index (χ2v) is 11.2. The number of anilines is 2. The van der Waals surface area contributed by atoms with Gasteiger partial charge in [0, 0.05) is 32.7 Å². The largest absolute Gasteiger partial charge is 0.461 e. The first-order valence-corrected chi connectivity index (χ1v) is 12.7. The van der Waals surface area contributed by atoms with Gasteiger partial charge in [0.15, 0.2) is 5.76 Å². The quantitative estimate of drug-likeness (QED) is 0.525. The Labute approximate surface area is 196 Å². The van der Waals surface area contributed by atoms with Crippen molar-refractivity contribution in [2.45, 2.75) is 38.0 Å². The van der Waals surface area contributed by atoms with E-state index in [1.54, 1.807) is 30.9 Å². The molecule has 13 nitrogen and oxygen atoms in total. The molecule has 2 saturated heterocycles. The minimum atomic E-state index is -3.33. The molecule has 182 valence electrons. The lowest BCUT2D eigenvalue weighted by atomic mass is 10.2. The number of carbonyl (C=O) groups excluding carboxylic acids is 1. The molecule has 1 amide bonds. The molecule has 0 aromatic carbocycles. The lowest BCUT2D eigenvalue weighted by molar-refractivity contribution is -0.133. The van der Waals surface area contributed by atoms with Gasteiger partial charge in [-0.25, -0.2) is 8.42 Å². The fourth-order valence-corrected chi connectivity index (χ4v) is 5.64. The number of nitrogens with two attached hydrogens (primary N) is 1. The lowest BCUT2D eigenvalue weighted by Crippen LogP contribution is -2.55. The fraction of sp³-hybridized carbons (Fsp3) is 0.550. The van der Waals surface area contributed by atoms with Crippen molar-refractivity contribution in [1.29, 1.82) is 0 Å². The van der Waals surface area contributed by atoms with E-state index < -0.39 is 21.3 Å². The van der Waals surface area contributed by atoms with Crippen molar-refractivity contribution in [3.63, 3.8) is 0 Å². The van der Waals surface area contributed by atoms with E-state index in [0.717, 1.165) is 6.42 Å². The van der Waals surface area contributed by atoms with Gasteiger partial charge >= 0.3 is 0 Å². The number of rotatable bonds is 5. The molecule has 1 atom stereocenters. The molecule has 5 rings (SSSR count). The van der Waals surface area contributed by atoms with E-state index in [-0.39, 0.29) is 17.6 Å². The highest BCUT2D eigenvalue weighted by molar-refractivity contribution is 7.89. The summed E-state index contributed by atoms with van der Waals surface area (Å²) in [4.78, 5) is 30.2. The topological polar surface area (TPSA) is 156 Å². The van der Waals surface area contributed by atoms with Gasteiger partial charge in [0.1, 0.15) is 6.04 Å². The lowest BCUT2D eigenvalue weighted by Gasteiger charge is -2.37. The molecule has 0 saturated carbocycles. The summed E-state index contributed by atoms with van der Waals surface area (Å²) in [6, 6.07) is 3.03. The van der Waals surface area contributed by atoms with Crippen LogP contribution < -0.4 is 10.6 Å². The van der Waals surface area contributed by atoms with Crippen LogP contribution in [-0.2, 0) is 14.8 Å². The normalized spacial score (nSPS) is 20.0. The van der Waals surface area contributed by atoms with Crippen LogP contribution in [0.4, 0.5) is 11.9 Å². The monoisotopic (exact) mass is 489 g/mol. The van der Waals surface area contributed by atoms with Crippen molar-refractivity contribution in [2.24, 2.45) is 0 Å². The number of furan rings is 1. The number of carbonyl (C=O) groups is 1. The highest BCUT2D eigenvalue weighted by Crippen LogP contribution is 2.26. The van der Waals surface area contributed by atoms with Crippen molar-refractivity contribution in [1.82, 2.24) is 33.8 Å². The van der Waals surface area contributed by atoms with Gasteiger partial charge in [-0.15, -0.1) is 5.10 Å². The number of hydrogen-bond donors (Lipinski definition) is 1. The molecule has 34 heavy (non-hydrogen) atoms. The van der Waals surface area contributed by atoms with Crippen molar-refractivity contribution < 1.29 is 17.6 Å². The maximum atomic E-state index is 13.4. The molecule has 0 unspecified atom stereocenters. The number of hydrogen-bond acceptors (Lipinski definition) is 10. The molecule has 14 heteroatoms. The number of nitrogens with zero attached hydrogens (tertiary/aromatic N) is 8. The Balaban J connectivity index is 1.34. The third-order valence-electron chi connectivity index (χ3n) is 6.26. The molecule has 2 N–H and O–H groups in total. The van der Waals surface area contributed by atoms with E-state index in [9.17, 15) is 13.2 Å². The molecular formula is C20H27N9O4S. The van der Waals surface area contributed by atoms with Crippen LogP contribution in [0, 0.1) is 0 Å². The number of fused-ring (bicyclic) bond motifs is 1. The van der Waals surface area contributed by atoms with Gasteiger partial charge in [-0.1, -0.05) is 0 Å². The highest BCUT2D eigenvalue weighted by atomic mass is 32.2. The Morgan fingerprint density at radius 3 is 2.59 bits per heavy atom. The standard InChI is InChI=1S/C20H27N9O4S/c1-13(2)34(31,32)27-10-8-26(9-11-27)17(30)14-5-3-7-28(14)19-23-18(21)29-20(24-19)22-16(25-29)15-6-4-12-33-15/h4,6,12-14H,3,5,7-11H2,1-2H3,(H2,21,22,23,24,25)/t14-/m0/s1. The van der Waals surface area contributed by atoms with Crippen molar-refractivity contribution in [3.8, 4) is 11.6 Å². The highest BCUT2D eigenvalue weighted by Gasteiger charge is 2.38. The maximum absolute atomic E-state index is 13.4. The zero-order valence-electron chi connectivity index (χ0n) is 19.0. The average molecular weight is 490 g/mol. The van der Waals surface area contributed by atoms with Crippen molar-refractivity contribution >= 4 is 33.6 Å². The van der Waals surface area contributed by atoms with Gasteiger partial charge in [0.05, 0.1) is 11.5 Å². The minimum absolute atomic E-state index is 0.0566. The minimum Gasteiger partial charge on any atom is -0.461 e. The SMILES string of the molecule is CC(C)S(=O)(=O)N1CCN(C(=O)[C@@H]2CCCN2c2nc(N)n3nc(-c4ccco4)nc3n2)CC1. The molecule has 3 aromatic rings. The maximum Gasteiger partial charge on any atom is 0.259 e. The van der Waals surface area contributed by atoms with Crippen LogP contribution in [0.3, 0.4) is 0 Å². The number of sulfonamides is 1. The van der Waals surface area contributed by atoms with Crippen LogP contribution in [-0.4, -0.2) is 92.1 Å². The Hall–Kier alpha value is -3.26. The average Bonchev–Trinajstić information content (AvgIpc) is 3.58. The van der Waals surface area contributed by atoms with Crippen LogP contribution in [0.2, 0.25) is 0 Å². The second-order valence-electron chi connectivity index (χ2n) is 8.68. The molecule has 0 bridgehead atoms. The molecule has 0 radical (unpaired) electrons. The van der Waals surface area contributed by atoms with E-state index in [1.807, 2.05) is 4.90 Å². The number of nitrogen functional groups attached to an aromatic ring is 1. The molecule has 0 aliphatic carbocycles. The predicted octanol–water partition coefficient (Wildman–Crippen LogP) is 0.213. The summed E-state index contributed by atoms with van der Waals surface area (Å²) in [6.07, 6.45) is 2.99. The summed E-state index contributed by atoms with van der Waals surface area (Å²) in [5.41, 5.74) is 6.13. The summed E-state index contributed by atoms with van der Waals surface area (Å²) in [7, 11) is -3.33. The Bertz CT molecular complexity index is 1300. The molecule has 2 fully saturated rings. The van der Waals surface area contributed by atoms with E-state index in [4.69, 9.17) is 10.2 Å². The van der Waals surface area contributed by atoms with Crippen LogP contribution in [0.5, 0.6) is 0 Å². The van der Waals surface area contributed by atoms with Crippen molar-refractivity contribution in [3.05, 3.63) is 18.4 Å². The third-order valence-corrected chi connectivity index (χ3v) is 8.54. The van der Waals surface area contributed by atoms with E-state index in [2.05, 4.69) is 20.1 Å². The van der Waals surface area contributed by atoms with Gasteiger partial charge < -0.3 is 20.0 Å². The zero-order chi connectivity index (χ0) is 24.0. The molecular weight excluding hydrogens is 462 g/mol. The van der Waals surface area contributed by atoms with Gasteiger partial charge in [0.25, 0.3) is 5.78 Å². The first-order chi connectivity index (χ1) is 16.3. The molecule has 0 spiro atoms. The summed E-state index contributed by atoms with van der Waals surface area (Å²) >= 11 is 0. The van der Waals surface area contributed by atoms with Gasteiger partial charge in [-0.2, -0.15) is 23.8 Å². The van der Waals surface area contributed by atoms with E-state index in [0.29, 0.717) is 56.7 Å². The van der Waals surface area contributed by atoms with Crippen LogP contribution >= 0.6 is 0 Å². The van der Waals surface area contributed by atoms with Crippen LogP contribution in [0.25, 0.3) is 17.4 Å². The van der Waals surface area contributed by atoms with Gasteiger partial charge in [-0.3, -0.25) is 4.79 Å². The van der Waals surface area contributed by atoms with E-state index >= 15 is 0 Å². The van der Waals surface area contributed by atoms with E-state index in [1.165, 1.54) is 15.1 Å². The first kappa shape index (κ1) is 22.5. The second kappa shape index (κ2) is 8.51. The van der Waals surface area contributed by atoms with Gasteiger partial charge in [-0.05, 0) is 38.8 Å². The molecule has 5 heterocycles. The third kappa shape index (κ3) is 3.86. The Morgan fingerprint density at radius 2 is 1.91 bits per heavy atom. The summed E-state index contributed by atoms with van der Waals surface area (Å²) in [6.45, 7) is 5.24. The predicted molar refractivity (Wildman–Crippen MR) is 123 cm³/mol. The zero-order valence-corrected chi connectivity index (χ0v) is 19.8. The summed E-state index contributed by atoms with van der Waals surface area (Å²) < 4.78 is 33.0. The number of aromatic nitrogens is 5. The Morgan fingerprint density at radius 1 is 1.15 bits per heavy atom. The smallest absolute Gasteiger partial charge is 0.259 e. The molecule has 2 aliphatic rings. The fourth-order valence-electron chi connectivity index (χ4n) is 4.37. The number of piperazine rings is 1. The molecule has 3 aromatic heterocycles.